The highest BCUT2D eigenvalue weighted by Gasteiger charge is 2.17. The molecular formula is C23H24N2O2. The fraction of sp³-hybridized carbons (Fsp3) is 0.261. The summed E-state index contributed by atoms with van der Waals surface area (Å²) in [6.45, 7) is 5.18. The van der Waals surface area contributed by atoms with Crippen molar-refractivity contribution in [3.63, 3.8) is 0 Å². The molecule has 138 valence electrons. The van der Waals surface area contributed by atoms with Gasteiger partial charge in [-0.25, -0.2) is 4.79 Å². The summed E-state index contributed by atoms with van der Waals surface area (Å²) in [5.41, 5.74) is 1.92. The van der Waals surface area contributed by atoms with Gasteiger partial charge in [0, 0.05) is 38.4 Å². The van der Waals surface area contributed by atoms with Crippen molar-refractivity contribution in [3.05, 3.63) is 78.4 Å². The molecule has 0 spiro atoms. The molecule has 3 aromatic carbocycles. The normalized spacial score (nSPS) is 15.0. The van der Waals surface area contributed by atoms with Crippen LogP contribution in [-0.4, -0.2) is 50.2 Å². The van der Waals surface area contributed by atoms with Crippen LogP contribution in [0.2, 0.25) is 0 Å². The molecule has 4 nitrogen and oxygen atoms in total. The number of carbonyl (C=O) groups excluding carboxylic acids is 1. The van der Waals surface area contributed by atoms with Crippen LogP contribution in [0.1, 0.15) is 10.4 Å². The zero-order chi connectivity index (χ0) is 18.5. The minimum atomic E-state index is -0.241. The van der Waals surface area contributed by atoms with E-state index in [1.54, 1.807) is 0 Å². The number of para-hydroxylation sites is 1. The first-order valence-corrected chi connectivity index (χ1v) is 9.48. The standard InChI is InChI=1S/C23H24N2O2/c26-23(22-12-6-8-19-7-4-5-11-21(19)22)27-18-17-24-13-15-25(16-14-24)20-9-2-1-3-10-20/h1-12H,13-18H2. The van der Waals surface area contributed by atoms with Crippen molar-refractivity contribution in [1.82, 2.24) is 4.90 Å². The van der Waals surface area contributed by atoms with Gasteiger partial charge in [0.15, 0.2) is 0 Å². The van der Waals surface area contributed by atoms with E-state index in [4.69, 9.17) is 4.74 Å². The van der Waals surface area contributed by atoms with Crippen LogP contribution in [0.5, 0.6) is 0 Å². The summed E-state index contributed by atoms with van der Waals surface area (Å²) < 4.78 is 5.56. The largest absolute Gasteiger partial charge is 0.461 e. The lowest BCUT2D eigenvalue weighted by Gasteiger charge is -2.35. The highest BCUT2D eigenvalue weighted by atomic mass is 16.5. The fourth-order valence-corrected chi connectivity index (χ4v) is 3.62. The summed E-state index contributed by atoms with van der Waals surface area (Å²) in [7, 11) is 0. The van der Waals surface area contributed by atoms with Crippen LogP contribution >= 0.6 is 0 Å². The second-order valence-corrected chi connectivity index (χ2v) is 6.83. The number of ether oxygens (including phenoxy) is 1. The maximum atomic E-state index is 12.5. The van der Waals surface area contributed by atoms with E-state index in [1.807, 2.05) is 48.5 Å². The van der Waals surface area contributed by atoms with E-state index >= 15 is 0 Å². The molecule has 4 rings (SSSR count). The van der Waals surface area contributed by atoms with Crippen molar-refractivity contribution in [3.8, 4) is 0 Å². The molecular weight excluding hydrogens is 336 g/mol. The van der Waals surface area contributed by atoms with E-state index in [0.29, 0.717) is 12.2 Å². The lowest BCUT2D eigenvalue weighted by molar-refractivity contribution is 0.0461. The van der Waals surface area contributed by atoms with Crippen molar-refractivity contribution in [1.29, 1.82) is 0 Å². The zero-order valence-corrected chi connectivity index (χ0v) is 15.4. The molecule has 0 aliphatic carbocycles. The molecule has 1 heterocycles. The number of carbonyl (C=O) groups is 1. The smallest absolute Gasteiger partial charge is 0.338 e. The quantitative estimate of drug-likeness (QED) is 0.648. The Morgan fingerprint density at radius 3 is 2.33 bits per heavy atom. The van der Waals surface area contributed by atoms with Crippen LogP contribution in [0.25, 0.3) is 10.8 Å². The van der Waals surface area contributed by atoms with Crippen LogP contribution in [0.3, 0.4) is 0 Å². The molecule has 0 amide bonds. The van der Waals surface area contributed by atoms with Crippen molar-refractivity contribution in [2.75, 3.05) is 44.2 Å². The number of esters is 1. The molecule has 3 aromatic rings. The predicted molar refractivity (Wildman–Crippen MR) is 109 cm³/mol. The van der Waals surface area contributed by atoms with Crippen LogP contribution in [0.4, 0.5) is 5.69 Å². The Kier molecular flexibility index (Phi) is 5.35. The van der Waals surface area contributed by atoms with Gasteiger partial charge in [-0.05, 0) is 29.0 Å². The highest BCUT2D eigenvalue weighted by molar-refractivity contribution is 6.04. The number of hydrogen-bond donors (Lipinski definition) is 0. The molecule has 4 heteroatoms. The number of fused-ring (bicyclic) bond motifs is 1. The maximum absolute atomic E-state index is 12.5. The third-order valence-electron chi connectivity index (χ3n) is 5.14. The van der Waals surface area contributed by atoms with Gasteiger partial charge in [0.2, 0.25) is 0 Å². The Labute approximate surface area is 160 Å². The highest BCUT2D eigenvalue weighted by Crippen LogP contribution is 2.19. The molecule has 0 aromatic heterocycles. The molecule has 0 bridgehead atoms. The first-order valence-electron chi connectivity index (χ1n) is 9.48. The third kappa shape index (κ3) is 4.12. The minimum Gasteiger partial charge on any atom is -0.461 e. The second-order valence-electron chi connectivity index (χ2n) is 6.83. The van der Waals surface area contributed by atoms with E-state index < -0.39 is 0 Å². The van der Waals surface area contributed by atoms with Crippen LogP contribution in [0.15, 0.2) is 72.8 Å². The number of nitrogens with zero attached hydrogens (tertiary/aromatic N) is 2. The topological polar surface area (TPSA) is 32.8 Å². The van der Waals surface area contributed by atoms with Gasteiger partial charge >= 0.3 is 5.97 Å². The number of anilines is 1. The summed E-state index contributed by atoms with van der Waals surface area (Å²) >= 11 is 0. The minimum absolute atomic E-state index is 0.241. The molecule has 0 atom stereocenters. The lowest BCUT2D eigenvalue weighted by Crippen LogP contribution is -2.47. The SMILES string of the molecule is O=C(OCCN1CCN(c2ccccc2)CC1)c1cccc2ccccc12. The molecule has 0 saturated carbocycles. The van der Waals surface area contributed by atoms with Crippen LogP contribution in [-0.2, 0) is 4.74 Å². The number of hydrogen-bond acceptors (Lipinski definition) is 4. The number of piperazine rings is 1. The van der Waals surface area contributed by atoms with Gasteiger partial charge in [0.05, 0.1) is 5.56 Å². The van der Waals surface area contributed by atoms with Gasteiger partial charge in [0.1, 0.15) is 6.61 Å². The van der Waals surface area contributed by atoms with E-state index in [1.165, 1.54) is 5.69 Å². The molecule has 0 unspecified atom stereocenters. The van der Waals surface area contributed by atoms with Crippen molar-refractivity contribution in [2.24, 2.45) is 0 Å². The first-order chi connectivity index (χ1) is 13.3. The van der Waals surface area contributed by atoms with Crippen LogP contribution < -0.4 is 4.90 Å². The summed E-state index contributed by atoms with van der Waals surface area (Å²) in [4.78, 5) is 17.2. The van der Waals surface area contributed by atoms with Gasteiger partial charge in [-0.15, -0.1) is 0 Å². The van der Waals surface area contributed by atoms with E-state index in [9.17, 15) is 4.79 Å². The Hall–Kier alpha value is -2.85. The molecule has 27 heavy (non-hydrogen) atoms. The zero-order valence-electron chi connectivity index (χ0n) is 15.4. The summed E-state index contributed by atoms with van der Waals surface area (Å²) in [5, 5.41) is 2.01. The van der Waals surface area contributed by atoms with Crippen molar-refractivity contribution >= 4 is 22.4 Å². The molecule has 0 N–H and O–H groups in total. The number of rotatable bonds is 5. The van der Waals surface area contributed by atoms with Crippen LogP contribution in [0, 0.1) is 0 Å². The molecule has 0 radical (unpaired) electrons. The average Bonchev–Trinajstić information content (AvgIpc) is 2.74. The summed E-state index contributed by atoms with van der Waals surface area (Å²) in [6, 6.07) is 24.2. The second kappa shape index (κ2) is 8.23. The summed E-state index contributed by atoms with van der Waals surface area (Å²) in [5.74, 6) is -0.241. The Morgan fingerprint density at radius 1 is 0.815 bits per heavy atom. The average molecular weight is 360 g/mol. The monoisotopic (exact) mass is 360 g/mol. The van der Waals surface area contributed by atoms with Crippen molar-refractivity contribution in [2.45, 2.75) is 0 Å². The van der Waals surface area contributed by atoms with Gasteiger partial charge in [-0.1, -0.05) is 54.6 Å². The summed E-state index contributed by atoms with van der Waals surface area (Å²) in [6.07, 6.45) is 0. The van der Waals surface area contributed by atoms with Gasteiger partial charge in [-0.2, -0.15) is 0 Å². The number of benzene rings is 3. The molecule has 1 aliphatic heterocycles. The lowest BCUT2D eigenvalue weighted by atomic mass is 10.1. The Bertz CT molecular complexity index is 897. The van der Waals surface area contributed by atoms with E-state index in [0.717, 1.165) is 43.5 Å². The molecule has 1 fully saturated rings. The van der Waals surface area contributed by atoms with E-state index in [-0.39, 0.29) is 5.97 Å². The maximum Gasteiger partial charge on any atom is 0.338 e. The van der Waals surface area contributed by atoms with Gasteiger partial charge in [0.25, 0.3) is 0 Å². The third-order valence-corrected chi connectivity index (χ3v) is 5.14. The predicted octanol–water partition coefficient (Wildman–Crippen LogP) is 3.82. The van der Waals surface area contributed by atoms with Crippen molar-refractivity contribution < 1.29 is 9.53 Å². The fourth-order valence-electron chi connectivity index (χ4n) is 3.62. The molecule has 1 saturated heterocycles. The Balaban J connectivity index is 1.27. The Morgan fingerprint density at radius 2 is 1.52 bits per heavy atom. The van der Waals surface area contributed by atoms with Gasteiger partial charge < -0.3 is 9.64 Å². The van der Waals surface area contributed by atoms with E-state index in [2.05, 4.69) is 34.1 Å². The first kappa shape index (κ1) is 17.6. The molecule has 1 aliphatic rings. The van der Waals surface area contributed by atoms with Gasteiger partial charge in [-0.3, -0.25) is 4.90 Å².